The number of nitrogens with two attached hydrogens (primary N) is 1. The molecule has 0 radical (unpaired) electrons. The number of rotatable bonds is 2. The highest BCUT2D eigenvalue weighted by atomic mass is 79.9. The summed E-state index contributed by atoms with van der Waals surface area (Å²) < 4.78 is 0.688. The molecule has 19 heavy (non-hydrogen) atoms. The Morgan fingerprint density at radius 2 is 1.89 bits per heavy atom. The number of benzene rings is 2. The van der Waals surface area contributed by atoms with Gasteiger partial charge in [0.15, 0.2) is 0 Å². The van der Waals surface area contributed by atoms with E-state index in [1.807, 2.05) is 0 Å². The third-order valence-corrected chi connectivity index (χ3v) is 3.64. The fourth-order valence-electron chi connectivity index (χ4n) is 1.50. The number of anilines is 2. The van der Waals surface area contributed by atoms with E-state index >= 15 is 0 Å². The van der Waals surface area contributed by atoms with Gasteiger partial charge in [0.2, 0.25) is 0 Å². The standard InChI is InChI=1S/C13H9BrCl2N2O/c14-10-5-7(15)1-4-12(10)18-13(19)9-6-8(17)2-3-11(9)16/h1-6H,17H2,(H,18,19). The van der Waals surface area contributed by atoms with Gasteiger partial charge >= 0.3 is 0 Å². The lowest BCUT2D eigenvalue weighted by Crippen LogP contribution is -2.13. The number of halogens is 3. The highest BCUT2D eigenvalue weighted by Gasteiger charge is 2.12. The first kappa shape index (κ1) is 14.2. The van der Waals surface area contributed by atoms with E-state index < -0.39 is 0 Å². The fraction of sp³-hybridized carbons (Fsp3) is 0. The molecule has 0 aliphatic heterocycles. The number of nitrogen functional groups attached to an aromatic ring is 1. The summed E-state index contributed by atoms with van der Waals surface area (Å²) in [7, 11) is 0. The number of hydrogen-bond acceptors (Lipinski definition) is 2. The van der Waals surface area contributed by atoms with Crippen molar-refractivity contribution in [3.8, 4) is 0 Å². The lowest BCUT2D eigenvalue weighted by atomic mass is 10.2. The van der Waals surface area contributed by atoms with Crippen LogP contribution in [0.1, 0.15) is 10.4 Å². The van der Waals surface area contributed by atoms with Gasteiger partial charge in [0.25, 0.3) is 5.91 Å². The number of carbonyl (C=O) groups excluding carboxylic acids is 1. The van der Waals surface area contributed by atoms with Crippen molar-refractivity contribution in [3.63, 3.8) is 0 Å². The van der Waals surface area contributed by atoms with E-state index in [-0.39, 0.29) is 5.91 Å². The van der Waals surface area contributed by atoms with Gasteiger partial charge in [-0.15, -0.1) is 0 Å². The van der Waals surface area contributed by atoms with Crippen LogP contribution in [0.15, 0.2) is 40.9 Å². The molecule has 0 saturated carbocycles. The van der Waals surface area contributed by atoms with Crippen molar-refractivity contribution in [2.45, 2.75) is 0 Å². The van der Waals surface area contributed by atoms with Crippen LogP contribution in [0.4, 0.5) is 11.4 Å². The molecule has 0 fully saturated rings. The summed E-state index contributed by atoms with van der Waals surface area (Å²) in [6, 6.07) is 9.83. The van der Waals surface area contributed by atoms with Crippen LogP contribution in [0, 0.1) is 0 Å². The van der Waals surface area contributed by atoms with Crippen LogP contribution in [-0.2, 0) is 0 Å². The second-order valence-corrected chi connectivity index (χ2v) is 5.52. The van der Waals surface area contributed by atoms with Gasteiger partial charge in [-0.1, -0.05) is 23.2 Å². The highest BCUT2D eigenvalue weighted by molar-refractivity contribution is 9.10. The van der Waals surface area contributed by atoms with E-state index in [1.54, 1.807) is 30.3 Å². The smallest absolute Gasteiger partial charge is 0.257 e. The first-order valence-corrected chi connectivity index (χ1v) is 6.83. The number of carbonyl (C=O) groups is 1. The van der Waals surface area contributed by atoms with Gasteiger partial charge in [-0.25, -0.2) is 0 Å². The predicted molar refractivity (Wildman–Crippen MR) is 83.0 cm³/mol. The first-order valence-electron chi connectivity index (χ1n) is 5.29. The molecule has 1 amide bonds. The Balaban J connectivity index is 2.28. The SMILES string of the molecule is Nc1ccc(Cl)c(C(=O)Nc2ccc(Cl)cc2Br)c1. The Labute approximate surface area is 128 Å². The van der Waals surface area contributed by atoms with Crippen LogP contribution in [0.5, 0.6) is 0 Å². The summed E-state index contributed by atoms with van der Waals surface area (Å²) in [5, 5.41) is 3.66. The molecular formula is C13H9BrCl2N2O. The molecule has 0 heterocycles. The third kappa shape index (κ3) is 3.41. The van der Waals surface area contributed by atoms with Crippen LogP contribution in [0.25, 0.3) is 0 Å². The second kappa shape index (κ2) is 5.82. The molecule has 3 nitrogen and oxygen atoms in total. The third-order valence-electron chi connectivity index (χ3n) is 2.41. The largest absolute Gasteiger partial charge is 0.399 e. The van der Waals surface area contributed by atoms with Crippen molar-refractivity contribution in [2.24, 2.45) is 0 Å². The Kier molecular flexibility index (Phi) is 4.34. The molecule has 98 valence electrons. The van der Waals surface area contributed by atoms with Gasteiger partial charge in [0, 0.05) is 15.2 Å². The maximum Gasteiger partial charge on any atom is 0.257 e. The minimum atomic E-state index is -0.333. The van der Waals surface area contributed by atoms with Crippen molar-refractivity contribution in [3.05, 3.63) is 56.5 Å². The summed E-state index contributed by atoms with van der Waals surface area (Å²) in [4.78, 5) is 12.1. The van der Waals surface area contributed by atoms with Crippen LogP contribution in [0.3, 0.4) is 0 Å². The molecule has 0 bridgehead atoms. The molecule has 2 rings (SSSR count). The van der Waals surface area contributed by atoms with Crippen LogP contribution >= 0.6 is 39.1 Å². The summed E-state index contributed by atoms with van der Waals surface area (Å²) in [6.07, 6.45) is 0. The zero-order valence-corrected chi connectivity index (χ0v) is 12.7. The summed E-state index contributed by atoms with van der Waals surface area (Å²) in [5.41, 5.74) is 7.05. The van der Waals surface area contributed by atoms with Crippen molar-refractivity contribution in [1.82, 2.24) is 0 Å². The number of nitrogens with one attached hydrogen (secondary N) is 1. The molecule has 0 unspecified atom stereocenters. The van der Waals surface area contributed by atoms with Gasteiger partial charge < -0.3 is 11.1 Å². The molecule has 0 atom stereocenters. The van der Waals surface area contributed by atoms with Gasteiger partial charge in [0.05, 0.1) is 16.3 Å². The molecule has 0 aliphatic carbocycles. The maximum absolute atomic E-state index is 12.1. The predicted octanol–water partition coefficient (Wildman–Crippen LogP) is 4.59. The minimum absolute atomic E-state index is 0.323. The van der Waals surface area contributed by atoms with Crippen molar-refractivity contribution in [1.29, 1.82) is 0 Å². The zero-order chi connectivity index (χ0) is 14.0. The lowest BCUT2D eigenvalue weighted by Gasteiger charge is -2.09. The Hall–Kier alpha value is -1.23. The van der Waals surface area contributed by atoms with Gasteiger partial charge in [-0.05, 0) is 52.3 Å². The average molecular weight is 360 g/mol. The van der Waals surface area contributed by atoms with Crippen LogP contribution in [0.2, 0.25) is 10.0 Å². The van der Waals surface area contributed by atoms with Crippen LogP contribution < -0.4 is 11.1 Å². The summed E-state index contributed by atoms with van der Waals surface area (Å²) in [5.74, 6) is -0.333. The van der Waals surface area contributed by atoms with Crippen LogP contribution in [-0.4, -0.2) is 5.91 Å². The van der Waals surface area contributed by atoms with E-state index in [1.165, 1.54) is 6.07 Å². The molecular weight excluding hydrogens is 351 g/mol. The van der Waals surface area contributed by atoms with Crippen molar-refractivity contribution in [2.75, 3.05) is 11.1 Å². The Morgan fingerprint density at radius 3 is 2.58 bits per heavy atom. The lowest BCUT2D eigenvalue weighted by molar-refractivity contribution is 0.102. The van der Waals surface area contributed by atoms with E-state index in [4.69, 9.17) is 28.9 Å². The van der Waals surface area contributed by atoms with Gasteiger partial charge in [-0.3, -0.25) is 4.79 Å². The van der Waals surface area contributed by atoms with E-state index in [2.05, 4.69) is 21.2 Å². The first-order chi connectivity index (χ1) is 8.97. The molecule has 2 aromatic carbocycles. The average Bonchev–Trinajstić information content (AvgIpc) is 2.35. The Bertz CT molecular complexity index is 647. The molecule has 2 aromatic rings. The summed E-state index contributed by atoms with van der Waals surface area (Å²) >= 11 is 15.1. The highest BCUT2D eigenvalue weighted by Crippen LogP contribution is 2.27. The van der Waals surface area contributed by atoms with E-state index in [9.17, 15) is 4.79 Å². The maximum atomic E-state index is 12.1. The van der Waals surface area contributed by atoms with Gasteiger partial charge in [-0.2, -0.15) is 0 Å². The monoisotopic (exact) mass is 358 g/mol. The zero-order valence-electron chi connectivity index (χ0n) is 9.58. The van der Waals surface area contributed by atoms with Gasteiger partial charge in [0.1, 0.15) is 0 Å². The van der Waals surface area contributed by atoms with Crippen molar-refractivity contribution < 1.29 is 4.79 Å². The molecule has 0 aliphatic rings. The molecule has 6 heteroatoms. The number of hydrogen-bond donors (Lipinski definition) is 2. The van der Waals surface area contributed by atoms with Crippen molar-refractivity contribution >= 4 is 56.4 Å². The topological polar surface area (TPSA) is 55.1 Å². The summed E-state index contributed by atoms with van der Waals surface area (Å²) in [6.45, 7) is 0. The Morgan fingerprint density at radius 1 is 1.16 bits per heavy atom. The molecule has 0 aromatic heterocycles. The van der Waals surface area contributed by atoms with E-state index in [0.717, 1.165) is 0 Å². The fourth-order valence-corrected chi connectivity index (χ4v) is 2.48. The molecule has 3 N–H and O–H groups in total. The number of amides is 1. The minimum Gasteiger partial charge on any atom is -0.399 e. The second-order valence-electron chi connectivity index (χ2n) is 3.82. The van der Waals surface area contributed by atoms with E-state index in [0.29, 0.717) is 31.5 Å². The molecule has 0 saturated heterocycles. The normalized spacial score (nSPS) is 10.3. The quantitative estimate of drug-likeness (QED) is 0.770. The molecule has 0 spiro atoms.